The molecule has 0 aliphatic carbocycles. The van der Waals surface area contributed by atoms with Gasteiger partial charge in [0.15, 0.2) is 23.2 Å². The average Bonchev–Trinajstić information content (AvgIpc) is 2.13. The van der Waals surface area contributed by atoms with Gasteiger partial charge in [0.25, 0.3) is 0 Å². The molecule has 0 aromatic heterocycles. The molecule has 72 valence electrons. The molecule has 0 aliphatic heterocycles. The number of hydrogen-bond donors (Lipinski definition) is 1. The van der Waals surface area contributed by atoms with Gasteiger partial charge in [0.2, 0.25) is 0 Å². The monoisotopic (exact) mass is 208 g/mol. The van der Waals surface area contributed by atoms with Gasteiger partial charge in [-0.05, 0) is 6.92 Å². The highest BCUT2D eigenvalue weighted by molar-refractivity contribution is 7.80. The molecule has 0 heterocycles. The fraction of sp³-hybridized carbons (Fsp3) is 0.250. The van der Waals surface area contributed by atoms with Crippen LogP contribution in [0, 0.1) is 24.4 Å². The van der Waals surface area contributed by atoms with E-state index in [9.17, 15) is 13.2 Å². The van der Waals surface area contributed by atoms with Gasteiger partial charge in [-0.25, -0.2) is 13.2 Å². The van der Waals surface area contributed by atoms with Crippen LogP contribution in [0.3, 0.4) is 0 Å². The zero-order valence-corrected chi connectivity index (χ0v) is 7.88. The fourth-order valence-corrected chi connectivity index (χ4v) is 1.18. The summed E-state index contributed by atoms with van der Waals surface area (Å²) in [5, 5.41) is 0. The molecule has 0 saturated heterocycles. The summed E-state index contributed by atoms with van der Waals surface area (Å²) in [4.78, 5) is -0.667. The van der Waals surface area contributed by atoms with Gasteiger partial charge in [-0.15, -0.1) is 12.6 Å². The third kappa shape index (κ3) is 1.48. The van der Waals surface area contributed by atoms with Gasteiger partial charge in [0, 0.05) is 5.56 Å². The maximum atomic E-state index is 13.1. The molecule has 0 fully saturated rings. The smallest absolute Gasteiger partial charge is 0.181 e. The first-order chi connectivity index (χ1) is 6.00. The standard InChI is InChI=1S/C8H7F3OS/c1-3-4(9)5(10)8(13)6(11)7(3)12-2/h13H,1-2H3. The van der Waals surface area contributed by atoms with E-state index in [1.807, 2.05) is 0 Å². The van der Waals surface area contributed by atoms with Crippen LogP contribution in [0.25, 0.3) is 0 Å². The Morgan fingerprint density at radius 3 is 2.08 bits per heavy atom. The largest absolute Gasteiger partial charge is 0.493 e. The van der Waals surface area contributed by atoms with Crippen LogP contribution in [0.2, 0.25) is 0 Å². The quantitative estimate of drug-likeness (QED) is 0.551. The number of methoxy groups -OCH3 is 1. The molecule has 0 N–H and O–H groups in total. The summed E-state index contributed by atoms with van der Waals surface area (Å²) in [5.74, 6) is -3.73. The van der Waals surface area contributed by atoms with Crippen molar-refractivity contribution in [3.63, 3.8) is 0 Å². The highest BCUT2D eigenvalue weighted by Gasteiger charge is 2.20. The first kappa shape index (κ1) is 10.2. The first-order valence-electron chi connectivity index (χ1n) is 3.40. The summed E-state index contributed by atoms with van der Waals surface area (Å²) in [7, 11) is 1.18. The molecule has 5 heteroatoms. The maximum Gasteiger partial charge on any atom is 0.181 e. The van der Waals surface area contributed by atoms with Gasteiger partial charge in [-0.1, -0.05) is 0 Å². The minimum atomic E-state index is -1.29. The molecule has 1 aromatic rings. The Hall–Kier alpha value is -0.840. The second kappa shape index (κ2) is 3.49. The fourth-order valence-electron chi connectivity index (χ4n) is 0.979. The number of hydrogen-bond acceptors (Lipinski definition) is 2. The highest BCUT2D eigenvalue weighted by Crippen LogP contribution is 2.32. The molecule has 0 amide bonds. The van der Waals surface area contributed by atoms with E-state index in [0.717, 1.165) is 0 Å². The number of rotatable bonds is 1. The molecule has 1 rings (SSSR count). The van der Waals surface area contributed by atoms with Crippen LogP contribution >= 0.6 is 12.6 Å². The third-order valence-electron chi connectivity index (χ3n) is 1.68. The van der Waals surface area contributed by atoms with Crippen molar-refractivity contribution in [2.75, 3.05) is 7.11 Å². The van der Waals surface area contributed by atoms with Crippen LogP contribution in [0.1, 0.15) is 5.56 Å². The van der Waals surface area contributed by atoms with E-state index in [2.05, 4.69) is 17.4 Å². The number of ether oxygens (including phenoxy) is 1. The zero-order chi connectivity index (χ0) is 10.2. The Balaban J connectivity index is 3.56. The third-order valence-corrected chi connectivity index (χ3v) is 2.07. The minimum absolute atomic E-state index is 0.199. The van der Waals surface area contributed by atoms with Crippen LogP contribution in [0.5, 0.6) is 5.75 Å². The lowest BCUT2D eigenvalue weighted by atomic mass is 10.2. The SMILES string of the molecule is COc1c(C)c(F)c(F)c(S)c1F. The van der Waals surface area contributed by atoms with Crippen molar-refractivity contribution in [1.82, 2.24) is 0 Å². The van der Waals surface area contributed by atoms with E-state index in [1.54, 1.807) is 0 Å². The summed E-state index contributed by atoms with van der Waals surface area (Å²) < 4.78 is 43.4. The Kier molecular flexibility index (Phi) is 2.75. The van der Waals surface area contributed by atoms with E-state index in [0.29, 0.717) is 0 Å². The summed E-state index contributed by atoms with van der Waals surface area (Å²) in [6.07, 6.45) is 0. The van der Waals surface area contributed by atoms with Crippen molar-refractivity contribution in [1.29, 1.82) is 0 Å². The predicted octanol–water partition coefficient (Wildman–Crippen LogP) is 2.71. The predicted molar refractivity (Wildman–Crippen MR) is 44.9 cm³/mol. The summed E-state index contributed by atoms with van der Waals surface area (Å²) >= 11 is 3.48. The van der Waals surface area contributed by atoms with Gasteiger partial charge < -0.3 is 4.74 Å². The number of thiol groups is 1. The van der Waals surface area contributed by atoms with Crippen molar-refractivity contribution in [3.05, 3.63) is 23.0 Å². The molecule has 0 atom stereocenters. The Morgan fingerprint density at radius 2 is 1.62 bits per heavy atom. The molecule has 0 bridgehead atoms. The van der Waals surface area contributed by atoms with Gasteiger partial charge in [0.05, 0.1) is 12.0 Å². The normalized spacial score (nSPS) is 10.3. The first-order valence-corrected chi connectivity index (χ1v) is 3.85. The Morgan fingerprint density at radius 1 is 1.08 bits per heavy atom. The van der Waals surface area contributed by atoms with Crippen LogP contribution in [0.4, 0.5) is 13.2 Å². The molecule has 0 radical (unpaired) electrons. The molecular formula is C8H7F3OS. The molecule has 0 spiro atoms. The molecule has 0 saturated carbocycles. The lowest BCUT2D eigenvalue weighted by Gasteiger charge is -2.09. The maximum absolute atomic E-state index is 13.1. The highest BCUT2D eigenvalue weighted by atomic mass is 32.1. The lowest BCUT2D eigenvalue weighted by Crippen LogP contribution is -2.00. The molecule has 0 unspecified atom stereocenters. The molecule has 13 heavy (non-hydrogen) atoms. The van der Waals surface area contributed by atoms with Crippen molar-refractivity contribution >= 4 is 12.6 Å². The summed E-state index contributed by atoms with van der Waals surface area (Å²) in [5.41, 5.74) is -0.199. The van der Waals surface area contributed by atoms with E-state index in [1.165, 1.54) is 14.0 Å². The molecule has 0 aliphatic rings. The van der Waals surface area contributed by atoms with E-state index < -0.39 is 22.3 Å². The number of halogens is 3. The second-order valence-corrected chi connectivity index (χ2v) is 2.90. The Bertz CT molecular complexity index is 323. The molecule has 1 aromatic carbocycles. The van der Waals surface area contributed by atoms with Crippen molar-refractivity contribution in [2.45, 2.75) is 11.8 Å². The van der Waals surface area contributed by atoms with Gasteiger partial charge in [-0.3, -0.25) is 0 Å². The zero-order valence-electron chi connectivity index (χ0n) is 6.99. The minimum Gasteiger partial charge on any atom is -0.493 e. The van der Waals surface area contributed by atoms with Crippen LogP contribution < -0.4 is 4.74 Å². The van der Waals surface area contributed by atoms with Gasteiger partial charge in [-0.2, -0.15) is 0 Å². The van der Waals surface area contributed by atoms with Crippen molar-refractivity contribution in [3.8, 4) is 5.75 Å². The Labute approximate surface area is 78.9 Å². The van der Waals surface area contributed by atoms with Crippen molar-refractivity contribution in [2.24, 2.45) is 0 Å². The lowest BCUT2D eigenvalue weighted by molar-refractivity contribution is 0.361. The molecular weight excluding hydrogens is 201 g/mol. The van der Waals surface area contributed by atoms with Gasteiger partial charge in [0.1, 0.15) is 0 Å². The van der Waals surface area contributed by atoms with Gasteiger partial charge >= 0.3 is 0 Å². The van der Waals surface area contributed by atoms with Crippen LogP contribution in [-0.2, 0) is 0 Å². The summed E-state index contributed by atoms with van der Waals surface area (Å²) in [6, 6.07) is 0. The average molecular weight is 208 g/mol. The van der Waals surface area contributed by atoms with Crippen molar-refractivity contribution < 1.29 is 17.9 Å². The topological polar surface area (TPSA) is 9.23 Å². The van der Waals surface area contributed by atoms with Crippen LogP contribution in [0.15, 0.2) is 4.90 Å². The van der Waals surface area contributed by atoms with Crippen LogP contribution in [-0.4, -0.2) is 7.11 Å². The molecule has 1 nitrogen and oxygen atoms in total. The number of benzene rings is 1. The van der Waals surface area contributed by atoms with E-state index in [-0.39, 0.29) is 11.3 Å². The van der Waals surface area contributed by atoms with E-state index >= 15 is 0 Å². The van der Waals surface area contributed by atoms with E-state index in [4.69, 9.17) is 0 Å². The summed E-state index contributed by atoms with van der Waals surface area (Å²) in [6.45, 7) is 1.23. The second-order valence-electron chi connectivity index (χ2n) is 2.45.